The molecular weight excluding hydrogens is 505 g/mol. The Balaban J connectivity index is 1.62. The number of benzene rings is 3. The third-order valence-corrected chi connectivity index (χ3v) is 5.42. The molecule has 0 saturated carbocycles. The van der Waals surface area contributed by atoms with Crippen molar-refractivity contribution in [3.05, 3.63) is 99.5 Å². The first-order chi connectivity index (χ1) is 16.1. The van der Waals surface area contributed by atoms with Crippen LogP contribution in [-0.2, 0) is 12.8 Å². The number of hydrogen-bond acceptors (Lipinski definition) is 2. The van der Waals surface area contributed by atoms with Gasteiger partial charge in [-0.25, -0.2) is 17.9 Å². The second-order valence-electron chi connectivity index (χ2n) is 7.04. The molecule has 176 valence electrons. The topological polar surface area (TPSA) is 27.1 Å². The zero-order valence-electron chi connectivity index (χ0n) is 16.8. The van der Waals surface area contributed by atoms with E-state index in [1.807, 2.05) is 0 Å². The molecule has 34 heavy (non-hydrogen) atoms. The normalized spacial score (nSPS) is 11.6. The summed E-state index contributed by atoms with van der Waals surface area (Å²) in [5, 5.41) is 3.77. The molecule has 0 amide bonds. The predicted octanol–water partition coefficient (Wildman–Crippen LogP) is 7.86. The van der Waals surface area contributed by atoms with Gasteiger partial charge < -0.3 is 4.74 Å². The number of alkyl halides is 3. The van der Waals surface area contributed by atoms with Crippen LogP contribution >= 0.6 is 23.2 Å². The van der Waals surface area contributed by atoms with Gasteiger partial charge in [0.15, 0.2) is 23.1 Å². The number of hydrogen-bond donors (Lipinski definition) is 0. The van der Waals surface area contributed by atoms with Gasteiger partial charge in [0.2, 0.25) is 0 Å². The van der Waals surface area contributed by atoms with Crippen molar-refractivity contribution >= 4 is 23.2 Å². The third-order valence-electron chi connectivity index (χ3n) is 4.81. The molecule has 3 aromatic carbocycles. The summed E-state index contributed by atoms with van der Waals surface area (Å²) in [4.78, 5) is 0. The summed E-state index contributed by atoms with van der Waals surface area (Å²) in [7, 11) is 0. The number of para-hydroxylation sites is 1. The van der Waals surface area contributed by atoms with E-state index in [4.69, 9.17) is 27.9 Å². The lowest BCUT2D eigenvalue weighted by molar-refractivity contribution is -0.141. The predicted molar refractivity (Wildman–Crippen MR) is 115 cm³/mol. The van der Waals surface area contributed by atoms with E-state index in [-0.39, 0.29) is 44.9 Å². The highest BCUT2D eigenvalue weighted by Gasteiger charge is 2.35. The second kappa shape index (κ2) is 9.23. The van der Waals surface area contributed by atoms with Crippen LogP contribution in [0.25, 0.3) is 16.8 Å². The van der Waals surface area contributed by atoms with Crippen molar-refractivity contribution in [3.8, 4) is 22.6 Å². The van der Waals surface area contributed by atoms with Crippen LogP contribution in [0.2, 0.25) is 10.0 Å². The summed E-state index contributed by atoms with van der Waals surface area (Å²) in [6, 6.07) is 12.8. The molecule has 3 nitrogen and oxygen atoms in total. The highest BCUT2D eigenvalue weighted by molar-refractivity contribution is 6.37. The first-order valence-electron chi connectivity index (χ1n) is 9.53. The molecule has 0 bridgehead atoms. The monoisotopic (exact) mass is 516 g/mol. The minimum Gasteiger partial charge on any atom is -0.487 e. The Morgan fingerprint density at radius 3 is 2.12 bits per heavy atom. The fourth-order valence-corrected chi connectivity index (χ4v) is 3.74. The molecule has 1 aromatic heterocycles. The van der Waals surface area contributed by atoms with Gasteiger partial charge in [-0.1, -0.05) is 41.4 Å². The lowest BCUT2D eigenvalue weighted by atomic mass is 10.0. The lowest BCUT2D eigenvalue weighted by Crippen LogP contribution is -2.09. The summed E-state index contributed by atoms with van der Waals surface area (Å²) in [6.45, 7) is -0.344. The molecule has 0 N–H and O–H groups in total. The Morgan fingerprint density at radius 2 is 1.50 bits per heavy atom. The van der Waals surface area contributed by atoms with Gasteiger partial charge in [0.05, 0.1) is 15.7 Å². The lowest BCUT2D eigenvalue weighted by Gasteiger charge is -2.12. The summed E-state index contributed by atoms with van der Waals surface area (Å²) < 4.78 is 87.1. The Bertz CT molecular complexity index is 1330. The van der Waals surface area contributed by atoms with E-state index in [0.717, 1.165) is 22.9 Å². The maximum Gasteiger partial charge on any atom is 0.435 e. The quantitative estimate of drug-likeness (QED) is 0.199. The van der Waals surface area contributed by atoms with Gasteiger partial charge in [0.25, 0.3) is 0 Å². The molecular formula is C23H12Cl2F6N2O. The van der Waals surface area contributed by atoms with E-state index >= 15 is 0 Å². The largest absolute Gasteiger partial charge is 0.487 e. The summed E-state index contributed by atoms with van der Waals surface area (Å²) in [6.07, 6.45) is -4.72. The smallest absolute Gasteiger partial charge is 0.435 e. The van der Waals surface area contributed by atoms with E-state index in [9.17, 15) is 26.3 Å². The Morgan fingerprint density at radius 1 is 0.853 bits per heavy atom. The average molecular weight is 517 g/mol. The first-order valence-corrected chi connectivity index (χ1v) is 10.3. The van der Waals surface area contributed by atoms with Crippen molar-refractivity contribution < 1.29 is 31.1 Å². The molecule has 4 rings (SSSR count). The van der Waals surface area contributed by atoms with E-state index in [1.54, 1.807) is 0 Å². The molecule has 0 aliphatic carbocycles. The Kier molecular flexibility index (Phi) is 6.51. The van der Waals surface area contributed by atoms with Crippen LogP contribution in [0.15, 0.2) is 60.7 Å². The van der Waals surface area contributed by atoms with Gasteiger partial charge in [-0.2, -0.15) is 18.3 Å². The zero-order chi connectivity index (χ0) is 24.6. The first kappa shape index (κ1) is 24.0. The summed E-state index contributed by atoms with van der Waals surface area (Å²) >= 11 is 12.3. The summed E-state index contributed by atoms with van der Waals surface area (Å²) in [5.41, 5.74) is -1.00. The SMILES string of the molecule is Fc1ccc(-c2ccc(OCc3cc(C(F)(F)F)nn3-c3c(Cl)cccc3Cl)cc2)c(F)c1F. The fraction of sp³-hybridized carbons (Fsp3) is 0.0870. The van der Waals surface area contributed by atoms with Crippen LogP contribution in [0.3, 0.4) is 0 Å². The number of aromatic nitrogens is 2. The molecule has 0 aliphatic heterocycles. The minimum atomic E-state index is -4.72. The average Bonchev–Trinajstić information content (AvgIpc) is 3.21. The van der Waals surface area contributed by atoms with E-state index in [1.165, 1.54) is 42.5 Å². The number of nitrogens with zero attached hydrogens (tertiary/aromatic N) is 2. The maximum absolute atomic E-state index is 14.0. The van der Waals surface area contributed by atoms with Crippen LogP contribution in [0.1, 0.15) is 11.4 Å². The van der Waals surface area contributed by atoms with Gasteiger partial charge in [0, 0.05) is 5.56 Å². The van der Waals surface area contributed by atoms with Gasteiger partial charge in [0.1, 0.15) is 18.0 Å². The molecule has 0 spiro atoms. The number of ether oxygens (including phenoxy) is 1. The van der Waals surface area contributed by atoms with Crippen LogP contribution < -0.4 is 4.74 Å². The molecule has 0 saturated heterocycles. The zero-order valence-corrected chi connectivity index (χ0v) is 18.3. The Labute approximate surface area is 199 Å². The van der Waals surface area contributed by atoms with Crippen LogP contribution in [0.5, 0.6) is 5.75 Å². The highest BCUT2D eigenvalue weighted by Crippen LogP contribution is 2.34. The highest BCUT2D eigenvalue weighted by atomic mass is 35.5. The van der Waals surface area contributed by atoms with Gasteiger partial charge in [-0.05, 0) is 48.0 Å². The van der Waals surface area contributed by atoms with Gasteiger partial charge in [-0.15, -0.1) is 0 Å². The van der Waals surface area contributed by atoms with Crippen molar-refractivity contribution in [2.75, 3.05) is 0 Å². The van der Waals surface area contributed by atoms with E-state index in [0.29, 0.717) is 0 Å². The summed E-state index contributed by atoms with van der Waals surface area (Å²) in [5.74, 6) is -4.02. The minimum absolute atomic E-state index is 0.0121. The van der Waals surface area contributed by atoms with Crippen molar-refractivity contribution in [1.82, 2.24) is 9.78 Å². The molecule has 0 fully saturated rings. The maximum atomic E-state index is 14.0. The molecule has 11 heteroatoms. The number of rotatable bonds is 5. The second-order valence-corrected chi connectivity index (χ2v) is 7.85. The molecule has 0 atom stereocenters. The Hall–Kier alpha value is -3.17. The van der Waals surface area contributed by atoms with Crippen molar-refractivity contribution in [2.45, 2.75) is 12.8 Å². The van der Waals surface area contributed by atoms with E-state index < -0.39 is 29.3 Å². The molecule has 4 aromatic rings. The van der Waals surface area contributed by atoms with Crippen LogP contribution in [-0.4, -0.2) is 9.78 Å². The van der Waals surface area contributed by atoms with E-state index in [2.05, 4.69) is 5.10 Å². The molecule has 0 aliphatic rings. The van der Waals surface area contributed by atoms with Crippen LogP contribution in [0.4, 0.5) is 26.3 Å². The van der Waals surface area contributed by atoms with Crippen molar-refractivity contribution in [1.29, 1.82) is 0 Å². The van der Waals surface area contributed by atoms with Crippen molar-refractivity contribution in [2.24, 2.45) is 0 Å². The molecule has 0 radical (unpaired) electrons. The van der Waals surface area contributed by atoms with Crippen LogP contribution in [0, 0.1) is 17.5 Å². The molecule has 0 unspecified atom stereocenters. The third kappa shape index (κ3) is 4.71. The number of halogens is 8. The van der Waals surface area contributed by atoms with Crippen molar-refractivity contribution in [3.63, 3.8) is 0 Å². The van der Waals surface area contributed by atoms with Gasteiger partial charge >= 0.3 is 6.18 Å². The standard InChI is InChI=1S/C23H12Cl2F6N2O/c24-16-2-1-3-17(25)22(16)33-13(10-19(32-33)23(29,30)31)11-34-14-6-4-12(5-7-14)15-8-9-18(26)21(28)20(15)27/h1-10H,11H2. The fourth-order valence-electron chi connectivity index (χ4n) is 3.18. The van der Waals surface area contributed by atoms with Gasteiger partial charge in [-0.3, -0.25) is 0 Å². The molecule has 1 heterocycles.